The lowest BCUT2D eigenvalue weighted by Crippen LogP contribution is -2.37. The number of likely N-dealkylation sites (tertiary alicyclic amines) is 1. The van der Waals surface area contributed by atoms with Crippen molar-refractivity contribution < 1.29 is 0 Å². The van der Waals surface area contributed by atoms with Crippen LogP contribution in [0.1, 0.15) is 31.5 Å². The summed E-state index contributed by atoms with van der Waals surface area (Å²) in [5, 5.41) is 15.0. The molecule has 0 amide bonds. The first-order chi connectivity index (χ1) is 11.9. The van der Waals surface area contributed by atoms with Crippen molar-refractivity contribution in [1.29, 1.82) is 0 Å². The van der Waals surface area contributed by atoms with E-state index in [9.17, 15) is 0 Å². The number of fused-ring (bicyclic) bond motifs is 1. The summed E-state index contributed by atoms with van der Waals surface area (Å²) in [6, 6.07) is 5.89. The Labute approximate surface area is 143 Å². The summed E-state index contributed by atoms with van der Waals surface area (Å²) >= 11 is 0. The molecule has 1 aliphatic rings. The van der Waals surface area contributed by atoms with Crippen molar-refractivity contribution in [1.82, 2.24) is 30.1 Å². The highest BCUT2D eigenvalue weighted by molar-refractivity contribution is 5.79. The normalized spacial score (nSPS) is 16.0. The quantitative estimate of drug-likeness (QED) is 0.455. The molecule has 1 aliphatic heterocycles. The summed E-state index contributed by atoms with van der Waals surface area (Å²) in [7, 11) is 1.79. The average Bonchev–Trinajstić information content (AvgIpc) is 3.27. The number of guanidine groups is 1. The van der Waals surface area contributed by atoms with Crippen molar-refractivity contribution in [3.8, 4) is 0 Å². The van der Waals surface area contributed by atoms with Crippen LogP contribution in [0.4, 0.5) is 0 Å². The summed E-state index contributed by atoms with van der Waals surface area (Å²) in [5.41, 5.74) is 0.860. The van der Waals surface area contributed by atoms with Gasteiger partial charge in [0.1, 0.15) is 0 Å². The summed E-state index contributed by atoms with van der Waals surface area (Å²) in [6.45, 7) is 5.32. The summed E-state index contributed by atoms with van der Waals surface area (Å²) in [6.07, 6.45) is 7.10. The molecule has 0 saturated carbocycles. The third kappa shape index (κ3) is 4.44. The predicted octanol–water partition coefficient (Wildman–Crippen LogP) is 1.27. The van der Waals surface area contributed by atoms with E-state index in [1.165, 1.54) is 38.9 Å². The van der Waals surface area contributed by atoms with Gasteiger partial charge in [-0.05, 0) is 57.5 Å². The molecule has 0 bridgehead atoms. The minimum absolute atomic E-state index is 0.596. The number of unbranched alkanes of at least 4 members (excludes halogenated alkanes) is 1. The van der Waals surface area contributed by atoms with Gasteiger partial charge < -0.3 is 15.5 Å². The number of aromatic nitrogens is 3. The van der Waals surface area contributed by atoms with E-state index in [1.54, 1.807) is 7.05 Å². The van der Waals surface area contributed by atoms with Crippen molar-refractivity contribution in [3.05, 3.63) is 30.2 Å². The summed E-state index contributed by atoms with van der Waals surface area (Å²) in [5.74, 6) is 1.69. The van der Waals surface area contributed by atoms with Crippen LogP contribution in [0.15, 0.2) is 29.4 Å². The molecule has 3 rings (SSSR count). The number of pyridine rings is 1. The van der Waals surface area contributed by atoms with Crippen molar-refractivity contribution in [3.63, 3.8) is 0 Å². The lowest BCUT2D eigenvalue weighted by atomic mass is 10.3. The van der Waals surface area contributed by atoms with Crippen LogP contribution in [0.5, 0.6) is 0 Å². The van der Waals surface area contributed by atoms with Crippen LogP contribution >= 0.6 is 0 Å². The molecule has 0 radical (unpaired) electrons. The second-order valence-corrected chi connectivity index (χ2v) is 6.15. The molecule has 0 aliphatic carbocycles. The van der Waals surface area contributed by atoms with Gasteiger partial charge in [-0.1, -0.05) is 6.07 Å². The SMILES string of the molecule is CN=C(NCCCCN1CCCC1)NCc1nnc2ccccn12. The molecule has 2 aromatic heterocycles. The zero-order chi connectivity index (χ0) is 16.6. The Balaban J connectivity index is 1.37. The second kappa shape index (κ2) is 8.63. The second-order valence-electron chi connectivity index (χ2n) is 6.15. The molecule has 130 valence electrons. The highest BCUT2D eigenvalue weighted by atomic mass is 15.3. The molecule has 7 nitrogen and oxygen atoms in total. The van der Waals surface area contributed by atoms with Crippen molar-refractivity contribution in [2.75, 3.05) is 33.2 Å². The molecular formula is C17H27N7. The fourth-order valence-corrected chi connectivity index (χ4v) is 3.07. The first-order valence-corrected chi connectivity index (χ1v) is 8.82. The Morgan fingerprint density at radius 3 is 2.88 bits per heavy atom. The van der Waals surface area contributed by atoms with Gasteiger partial charge in [0.25, 0.3) is 0 Å². The van der Waals surface area contributed by atoms with E-state index in [-0.39, 0.29) is 0 Å². The number of hydrogen-bond acceptors (Lipinski definition) is 4. The number of aliphatic imine (C=N–C) groups is 1. The first kappa shape index (κ1) is 16.7. The maximum Gasteiger partial charge on any atom is 0.191 e. The first-order valence-electron chi connectivity index (χ1n) is 8.82. The Morgan fingerprint density at radius 1 is 1.17 bits per heavy atom. The van der Waals surface area contributed by atoms with Gasteiger partial charge in [0.15, 0.2) is 17.4 Å². The fraction of sp³-hybridized carbons (Fsp3) is 0.588. The highest BCUT2D eigenvalue weighted by Gasteiger charge is 2.10. The van der Waals surface area contributed by atoms with Crippen LogP contribution in [0, 0.1) is 0 Å². The Hall–Kier alpha value is -2.15. The van der Waals surface area contributed by atoms with Crippen LogP contribution < -0.4 is 10.6 Å². The molecular weight excluding hydrogens is 302 g/mol. The number of nitrogens with zero attached hydrogens (tertiary/aromatic N) is 5. The molecule has 3 heterocycles. The molecule has 24 heavy (non-hydrogen) atoms. The zero-order valence-corrected chi connectivity index (χ0v) is 14.4. The Kier molecular flexibility index (Phi) is 6.01. The number of hydrogen-bond donors (Lipinski definition) is 2. The highest BCUT2D eigenvalue weighted by Crippen LogP contribution is 2.07. The van der Waals surface area contributed by atoms with E-state index < -0.39 is 0 Å². The molecule has 0 atom stereocenters. The van der Waals surface area contributed by atoms with Gasteiger partial charge in [0, 0.05) is 19.8 Å². The molecule has 0 spiro atoms. The van der Waals surface area contributed by atoms with Crippen molar-refractivity contribution in [2.45, 2.75) is 32.2 Å². The minimum atomic E-state index is 0.596. The fourth-order valence-electron chi connectivity index (χ4n) is 3.07. The standard InChI is InChI=1S/C17H27N7/c1-18-17(19-9-3-5-10-23-11-6-7-12-23)20-14-16-22-21-15-8-2-4-13-24(15)16/h2,4,8,13H,3,5-7,9-12,14H2,1H3,(H2,18,19,20). The third-order valence-corrected chi connectivity index (χ3v) is 4.41. The lowest BCUT2D eigenvalue weighted by molar-refractivity contribution is 0.330. The Morgan fingerprint density at radius 2 is 2.04 bits per heavy atom. The molecule has 2 aromatic rings. The van der Waals surface area contributed by atoms with Gasteiger partial charge >= 0.3 is 0 Å². The van der Waals surface area contributed by atoms with Crippen LogP contribution in [-0.4, -0.2) is 58.7 Å². The van der Waals surface area contributed by atoms with Gasteiger partial charge in [-0.3, -0.25) is 9.39 Å². The van der Waals surface area contributed by atoms with E-state index in [1.807, 2.05) is 28.8 Å². The average molecular weight is 329 g/mol. The maximum absolute atomic E-state index is 4.27. The van der Waals surface area contributed by atoms with Crippen LogP contribution in [-0.2, 0) is 6.54 Å². The van der Waals surface area contributed by atoms with Gasteiger partial charge in [-0.2, -0.15) is 0 Å². The van der Waals surface area contributed by atoms with E-state index >= 15 is 0 Å². The smallest absolute Gasteiger partial charge is 0.191 e. The maximum atomic E-state index is 4.27. The van der Waals surface area contributed by atoms with Crippen LogP contribution in [0.25, 0.3) is 5.65 Å². The topological polar surface area (TPSA) is 69.8 Å². The van der Waals surface area contributed by atoms with Crippen LogP contribution in [0.3, 0.4) is 0 Å². The summed E-state index contributed by atoms with van der Waals surface area (Å²) in [4.78, 5) is 6.83. The van der Waals surface area contributed by atoms with E-state index in [0.717, 1.165) is 30.4 Å². The van der Waals surface area contributed by atoms with Gasteiger partial charge in [0.05, 0.1) is 6.54 Å². The Bertz CT molecular complexity index is 658. The van der Waals surface area contributed by atoms with E-state index in [0.29, 0.717) is 6.54 Å². The van der Waals surface area contributed by atoms with Crippen molar-refractivity contribution in [2.24, 2.45) is 4.99 Å². The van der Waals surface area contributed by atoms with Gasteiger partial charge in [-0.15, -0.1) is 10.2 Å². The molecule has 0 aromatic carbocycles. The van der Waals surface area contributed by atoms with Gasteiger partial charge in [0.2, 0.25) is 0 Å². The van der Waals surface area contributed by atoms with Crippen LogP contribution in [0.2, 0.25) is 0 Å². The molecule has 7 heteroatoms. The third-order valence-electron chi connectivity index (χ3n) is 4.41. The van der Waals surface area contributed by atoms with E-state index in [2.05, 4.69) is 30.7 Å². The van der Waals surface area contributed by atoms with E-state index in [4.69, 9.17) is 0 Å². The lowest BCUT2D eigenvalue weighted by Gasteiger charge is -2.15. The molecule has 1 saturated heterocycles. The zero-order valence-electron chi connectivity index (χ0n) is 14.4. The largest absolute Gasteiger partial charge is 0.356 e. The molecule has 0 unspecified atom stereocenters. The minimum Gasteiger partial charge on any atom is -0.356 e. The monoisotopic (exact) mass is 329 g/mol. The van der Waals surface area contributed by atoms with Gasteiger partial charge in [-0.25, -0.2) is 0 Å². The summed E-state index contributed by atoms with van der Waals surface area (Å²) < 4.78 is 1.98. The predicted molar refractivity (Wildman–Crippen MR) is 96.1 cm³/mol. The molecule has 2 N–H and O–H groups in total. The number of rotatable bonds is 7. The number of nitrogens with one attached hydrogen (secondary N) is 2. The molecule has 1 fully saturated rings. The van der Waals surface area contributed by atoms with Crippen molar-refractivity contribution >= 4 is 11.6 Å².